The van der Waals surface area contributed by atoms with Gasteiger partial charge >= 0.3 is 0 Å². The first-order valence-electron chi connectivity index (χ1n) is 7.16. The molecule has 1 fully saturated rings. The lowest BCUT2D eigenvalue weighted by atomic mass is 9.72. The number of hydrogen-bond acceptors (Lipinski definition) is 3. The summed E-state index contributed by atoms with van der Waals surface area (Å²) in [6, 6.07) is 0. The minimum absolute atomic E-state index is 0.305. The molecule has 3 nitrogen and oxygen atoms in total. The zero-order valence-corrected chi connectivity index (χ0v) is 13.0. The van der Waals surface area contributed by atoms with E-state index in [1.807, 2.05) is 16.6 Å². The Balaban J connectivity index is 1.79. The van der Waals surface area contributed by atoms with Gasteiger partial charge in [-0.1, -0.05) is 20.8 Å². The SMILES string of the molecule is CC(C)C1(C)CCN(C(=O)CCc2cncs2)CC1. The number of piperidine rings is 1. The Bertz CT molecular complexity index is 406. The summed E-state index contributed by atoms with van der Waals surface area (Å²) in [5.74, 6) is 1.00. The highest BCUT2D eigenvalue weighted by Gasteiger charge is 2.33. The Kier molecular flexibility index (Phi) is 4.61. The van der Waals surface area contributed by atoms with E-state index in [0.29, 0.717) is 23.7 Å². The number of amides is 1. The van der Waals surface area contributed by atoms with Crippen LogP contribution < -0.4 is 0 Å². The number of carbonyl (C=O) groups is 1. The number of likely N-dealkylation sites (tertiary alicyclic amines) is 1. The van der Waals surface area contributed by atoms with Crippen LogP contribution in [0.1, 0.15) is 44.9 Å². The van der Waals surface area contributed by atoms with Gasteiger partial charge in [0.2, 0.25) is 5.91 Å². The van der Waals surface area contributed by atoms with E-state index < -0.39 is 0 Å². The van der Waals surface area contributed by atoms with Crippen LogP contribution in [-0.4, -0.2) is 28.9 Å². The molecule has 1 saturated heterocycles. The fourth-order valence-corrected chi connectivity index (χ4v) is 3.20. The van der Waals surface area contributed by atoms with Crippen LogP contribution in [0, 0.1) is 11.3 Å². The fraction of sp³-hybridized carbons (Fsp3) is 0.733. The van der Waals surface area contributed by atoms with Crippen LogP contribution in [0.25, 0.3) is 0 Å². The maximum absolute atomic E-state index is 12.2. The number of aryl methyl sites for hydroxylation is 1. The van der Waals surface area contributed by atoms with Gasteiger partial charge in [-0.3, -0.25) is 9.78 Å². The summed E-state index contributed by atoms with van der Waals surface area (Å²) in [6.07, 6.45) is 5.60. The van der Waals surface area contributed by atoms with Gasteiger partial charge in [0.15, 0.2) is 0 Å². The summed E-state index contributed by atoms with van der Waals surface area (Å²) in [7, 11) is 0. The van der Waals surface area contributed by atoms with Gasteiger partial charge in [0.1, 0.15) is 0 Å². The predicted molar refractivity (Wildman–Crippen MR) is 79.2 cm³/mol. The third-order valence-corrected chi connectivity index (χ3v) is 5.56. The minimum atomic E-state index is 0.305. The average Bonchev–Trinajstić information content (AvgIpc) is 2.90. The first-order valence-corrected chi connectivity index (χ1v) is 8.04. The van der Waals surface area contributed by atoms with Crippen molar-refractivity contribution >= 4 is 17.2 Å². The predicted octanol–water partition coefficient (Wildman–Crippen LogP) is 3.36. The third-order valence-electron chi connectivity index (χ3n) is 4.72. The number of rotatable bonds is 4. The van der Waals surface area contributed by atoms with E-state index in [-0.39, 0.29) is 0 Å². The van der Waals surface area contributed by atoms with Gasteiger partial charge in [-0.2, -0.15) is 0 Å². The summed E-state index contributed by atoms with van der Waals surface area (Å²) in [6.45, 7) is 8.80. The van der Waals surface area contributed by atoms with Gasteiger partial charge in [-0.25, -0.2) is 0 Å². The monoisotopic (exact) mass is 280 g/mol. The Morgan fingerprint density at radius 1 is 1.47 bits per heavy atom. The zero-order chi connectivity index (χ0) is 13.9. The molecule has 0 aromatic carbocycles. The summed E-state index contributed by atoms with van der Waals surface area (Å²) in [5.41, 5.74) is 2.24. The summed E-state index contributed by atoms with van der Waals surface area (Å²) in [5, 5.41) is 0. The third kappa shape index (κ3) is 3.56. The molecule has 0 saturated carbocycles. The molecule has 1 aromatic heterocycles. The first kappa shape index (κ1) is 14.5. The van der Waals surface area contributed by atoms with Crippen molar-refractivity contribution in [1.82, 2.24) is 9.88 Å². The molecule has 0 atom stereocenters. The van der Waals surface area contributed by atoms with Crippen molar-refractivity contribution < 1.29 is 4.79 Å². The lowest BCUT2D eigenvalue weighted by Gasteiger charge is -2.42. The van der Waals surface area contributed by atoms with Crippen LogP contribution in [0.4, 0.5) is 0 Å². The Morgan fingerprint density at radius 3 is 2.68 bits per heavy atom. The Morgan fingerprint density at radius 2 is 2.16 bits per heavy atom. The van der Waals surface area contributed by atoms with E-state index >= 15 is 0 Å². The molecule has 0 N–H and O–H groups in total. The van der Waals surface area contributed by atoms with Crippen LogP contribution >= 0.6 is 11.3 Å². The Hall–Kier alpha value is -0.900. The lowest BCUT2D eigenvalue weighted by molar-refractivity contribution is -0.133. The van der Waals surface area contributed by atoms with Crippen LogP contribution in [-0.2, 0) is 11.2 Å². The Labute approximate surface area is 120 Å². The van der Waals surface area contributed by atoms with Gasteiger partial charge in [-0.05, 0) is 30.6 Å². The van der Waals surface area contributed by atoms with Crippen LogP contribution in [0.3, 0.4) is 0 Å². The molecule has 0 spiro atoms. The smallest absolute Gasteiger partial charge is 0.222 e. The quantitative estimate of drug-likeness (QED) is 0.847. The number of thiazole rings is 1. The highest BCUT2D eigenvalue weighted by Crippen LogP contribution is 2.38. The van der Waals surface area contributed by atoms with Gasteiger partial charge in [0.25, 0.3) is 0 Å². The van der Waals surface area contributed by atoms with E-state index in [9.17, 15) is 4.79 Å². The molecule has 19 heavy (non-hydrogen) atoms. The highest BCUT2D eigenvalue weighted by molar-refractivity contribution is 7.09. The average molecular weight is 280 g/mol. The number of aromatic nitrogens is 1. The molecule has 0 bridgehead atoms. The number of carbonyl (C=O) groups excluding carboxylic acids is 1. The van der Waals surface area contributed by atoms with E-state index in [2.05, 4.69) is 25.8 Å². The topological polar surface area (TPSA) is 33.2 Å². The summed E-state index contributed by atoms with van der Waals surface area (Å²) >= 11 is 1.63. The molecule has 1 amide bonds. The molecule has 1 aromatic rings. The normalized spacial score (nSPS) is 18.8. The molecule has 4 heteroatoms. The minimum Gasteiger partial charge on any atom is -0.343 e. The van der Waals surface area contributed by atoms with Crippen molar-refractivity contribution in [2.24, 2.45) is 11.3 Å². The molecule has 1 aliphatic rings. The second-order valence-corrected chi connectivity index (χ2v) is 7.13. The lowest BCUT2D eigenvalue weighted by Crippen LogP contribution is -2.44. The van der Waals surface area contributed by atoms with E-state index in [1.165, 1.54) is 4.88 Å². The van der Waals surface area contributed by atoms with Gasteiger partial charge in [0, 0.05) is 30.6 Å². The van der Waals surface area contributed by atoms with E-state index in [0.717, 1.165) is 32.4 Å². The van der Waals surface area contributed by atoms with E-state index in [1.54, 1.807) is 11.3 Å². The van der Waals surface area contributed by atoms with Crippen molar-refractivity contribution in [3.05, 3.63) is 16.6 Å². The highest BCUT2D eigenvalue weighted by atomic mass is 32.1. The van der Waals surface area contributed by atoms with Crippen molar-refractivity contribution in [2.45, 2.75) is 46.5 Å². The second-order valence-electron chi connectivity index (χ2n) is 6.16. The molecule has 2 heterocycles. The largest absolute Gasteiger partial charge is 0.343 e. The van der Waals surface area contributed by atoms with Crippen LogP contribution in [0.5, 0.6) is 0 Å². The fourth-order valence-electron chi connectivity index (χ4n) is 2.60. The summed E-state index contributed by atoms with van der Waals surface area (Å²) in [4.78, 5) is 19.5. The molecule has 106 valence electrons. The van der Waals surface area contributed by atoms with Crippen molar-refractivity contribution in [3.63, 3.8) is 0 Å². The molecule has 0 aliphatic carbocycles. The summed E-state index contributed by atoms with van der Waals surface area (Å²) < 4.78 is 0. The maximum atomic E-state index is 12.2. The van der Waals surface area contributed by atoms with Crippen molar-refractivity contribution in [2.75, 3.05) is 13.1 Å². The maximum Gasteiger partial charge on any atom is 0.222 e. The number of hydrogen-bond donors (Lipinski definition) is 0. The van der Waals surface area contributed by atoms with Crippen LogP contribution in [0.2, 0.25) is 0 Å². The standard InChI is InChI=1S/C15H24N2OS/c1-12(2)15(3)6-8-17(9-7-15)14(18)5-4-13-10-16-11-19-13/h10-12H,4-9H2,1-3H3. The first-order chi connectivity index (χ1) is 9.01. The molecule has 1 aliphatic heterocycles. The molecule has 0 radical (unpaired) electrons. The van der Waals surface area contributed by atoms with Crippen molar-refractivity contribution in [1.29, 1.82) is 0 Å². The molecular weight excluding hydrogens is 256 g/mol. The van der Waals surface area contributed by atoms with Gasteiger partial charge < -0.3 is 4.90 Å². The molecule has 2 rings (SSSR count). The number of nitrogens with zero attached hydrogens (tertiary/aromatic N) is 2. The van der Waals surface area contributed by atoms with Crippen LogP contribution in [0.15, 0.2) is 11.7 Å². The van der Waals surface area contributed by atoms with E-state index in [4.69, 9.17) is 0 Å². The van der Waals surface area contributed by atoms with Gasteiger partial charge in [-0.15, -0.1) is 11.3 Å². The zero-order valence-electron chi connectivity index (χ0n) is 12.2. The van der Waals surface area contributed by atoms with Gasteiger partial charge in [0.05, 0.1) is 5.51 Å². The second kappa shape index (κ2) is 6.04. The van der Waals surface area contributed by atoms with Crippen molar-refractivity contribution in [3.8, 4) is 0 Å². The molecular formula is C15H24N2OS. The molecule has 0 unspecified atom stereocenters.